The second-order valence-corrected chi connectivity index (χ2v) is 10.1. The predicted molar refractivity (Wildman–Crippen MR) is 121 cm³/mol. The minimum atomic E-state index is -0.786. The summed E-state index contributed by atoms with van der Waals surface area (Å²) in [4.78, 5) is 0. The third kappa shape index (κ3) is 12.2. The van der Waals surface area contributed by atoms with Crippen LogP contribution in [-0.2, 0) is 4.74 Å². The summed E-state index contributed by atoms with van der Waals surface area (Å²) < 4.78 is 6.00. The van der Waals surface area contributed by atoms with Gasteiger partial charge in [-0.3, -0.25) is 5.32 Å². The standard InChI is InChI=1S/C22H44Cl2N2O2/c1-16(2)18-13-12-17(3)14-19(18)28-22(27)15-26-21(24)11-9-7-5-4-6-8-10-20(23)25/h16-22,26-27H,4-15,25H2,1-3H3. The van der Waals surface area contributed by atoms with Gasteiger partial charge in [-0.2, -0.15) is 0 Å². The first kappa shape index (κ1) is 26.5. The molecule has 4 nitrogen and oxygen atoms in total. The molecule has 0 bridgehead atoms. The van der Waals surface area contributed by atoms with E-state index in [9.17, 15) is 5.11 Å². The Kier molecular flexibility index (Phi) is 14.4. The number of ether oxygens (including phenoxy) is 1. The van der Waals surface area contributed by atoms with Crippen LogP contribution in [0.25, 0.3) is 0 Å². The Morgan fingerprint density at radius 3 is 2.25 bits per heavy atom. The molecule has 0 amide bonds. The van der Waals surface area contributed by atoms with Gasteiger partial charge in [0.25, 0.3) is 0 Å². The Bertz CT molecular complexity index is 386. The Morgan fingerprint density at radius 2 is 1.64 bits per heavy atom. The topological polar surface area (TPSA) is 67.5 Å². The van der Waals surface area contributed by atoms with Gasteiger partial charge in [0.15, 0.2) is 6.29 Å². The van der Waals surface area contributed by atoms with E-state index in [1.54, 1.807) is 0 Å². The highest BCUT2D eigenvalue weighted by molar-refractivity contribution is 6.20. The van der Waals surface area contributed by atoms with Crippen LogP contribution >= 0.6 is 23.2 Å². The highest BCUT2D eigenvalue weighted by Gasteiger charge is 2.32. The van der Waals surface area contributed by atoms with E-state index in [1.165, 1.54) is 38.5 Å². The first-order chi connectivity index (χ1) is 13.3. The van der Waals surface area contributed by atoms with Crippen molar-refractivity contribution in [2.75, 3.05) is 6.54 Å². The highest BCUT2D eigenvalue weighted by atomic mass is 35.5. The summed E-state index contributed by atoms with van der Waals surface area (Å²) in [7, 11) is 0. The number of hydrogen-bond donors (Lipinski definition) is 3. The summed E-state index contributed by atoms with van der Waals surface area (Å²) in [5.74, 6) is 1.80. The van der Waals surface area contributed by atoms with Crippen LogP contribution in [-0.4, -0.2) is 35.0 Å². The number of aliphatic hydroxyl groups is 1. The molecule has 1 saturated carbocycles. The maximum absolute atomic E-state index is 10.3. The number of rotatable bonds is 15. The van der Waals surface area contributed by atoms with Crippen LogP contribution in [0.3, 0.4) is 0 Å². The molecule has 0 spiro atoms. The molecule has 0 heterocycles. The highest BCUT2D eigenvalue weighted by Crippen LogP contribution is 2.35. The molecule has 1 rings (SSSR count). The number of alkyl halides is 2. The van der Waals surface area contributed by atoms with Gasteiger partial charge in [-0.15, -0.1) is 23.2 Å². The predicted octanol–water partition coefficient (Wildman–Crippen LogP) is 5.58. The van der Waals surface area contributed by atoms with E-state index in [4.69, 9.17) is 33.7 Å². The lowest BCUT2D eigenvalue weighted by Gasteiger charge is -2.38. The van der Waals surface area contributed by atoms with Crippen molar-refractivity contribution in [2.45, 2.75) is 115 Å². The zero-order valence-corrected chi connectivity index (χ0v) is 19.7. The maximum Gasteiger partial charge on any atom is 0.167 e. The molecule has 0 saturated heterocycles. The summed E-state index contributed by atoms with van der Waals surface area (Å²) >= 11 is 12.1. The lowest BCUT2D eigenvalue weighted by molar-refractivity contribution is -0.166. The van der Waals surface area contributed by atoms with E-state index in [2.05, 4.69) is 26.1 Å². The number of hydrogen-bond acceptors (Lipinski definition) is 4. The normalized spacial score (nSPS) is 26.4. The van der Waals surface area contributed by atoms with Crippen molar-refractivity contribution in [3.63, 3.8) is 0 Å². The van der Waals surface area contributed by atoms with E-state index < -0.39 is 6.29 Å². The molecule has 1 aliphatic rings. The lowest BCUT2D eigenvalue weighted by Crippen LogP contribution is -2.41. The first-order valence-electron chi connectivity index (χ1n) is 11.4. The molecule has 4 N–H and O–H groups in total. The van der Waals surface area contributed by atoms with Gasteiger partial charge in [-0.05, 0) is 43.4 Å². The molecule has 6 atom stereocenters. The van der Waals surface area contributed by atoms with Gasteiger partial charge in [0.2, 0.25) is 0 Å². The van der Waals surface area contributed by atoms with Crippen molar-refractivity contribution in [3.8, 4) is 0 Å². The zero-order valence-electron chi connectivity index (χ0n) is 18.2. The van der Waals surface area contributed by atoms with Crippen molar-refractivity contribution in [3.05, 3.63) is 0 Å². The third-order valence-electron chi connectivity index (χ3n) is 5.99. The SMILES string of the molecule is CC1CCC(C(C)C)C(OC(O)CNC(Cl)CCCCCCCCC(N)Cl)C1. The number of aliphatic hydroxyl groups excluding tert-OH is 1. The second-order valence-electron chi connectivity index (χ2n) is 9.05. The monoisotopic (exact) mass is 438 g/mol. The van der Waals surface area contributed by atoms with E-state index in [0.29, 0.717) is 24.3 Å². The molecule has 6 heteroatoms. The van der Waals surface area contributed by atoms with Gasteiger partial charge in [0, 0.05) is 6.54 Å². The van der Waals surface area contributed by atoms with Crippen LogP contribution in [0.1, 0.15) is 91.4 Å². The van der Waals surface area contributed by atoms with Gasteiger partial charge in [0.05, 0.1) is 17.1 Å². The van der Waals surface area contributed by atoms with Gasteiger partial charge in [0.1, 0.15) is 0 Å². The molecule has 168 valence electrons. The quantitative estimate of drug-likeness (QED) is 0.135. The fourth-order valence-electron chi connectivity index (χ4n) is 4.22. The number of halogens is 2. The molecule has 28 heavy (non-hydrogen) atoms. The summed E-state index contributed by atoms with van der Waals surface area (Å²) in [5, 5.41) is 13.5. The number of unbranched alkanes of at least 4 members (excludes halogenated alkanes) is 5. The van der Waals surface area contributed by atoms with E-state index in [0.717, 1.165) is 32.1 Å². The third-order valence-corrected chi connectivity index (χ3v) is 6.59. The van der Waals surface area contributed by atoms with E-state index in [1.807, 2.05) is 0 Å². The van der Waals surface area contributed by atoms with Crippen LogP contribution in [0.2, 0.25) is 0 Å². The van der Waals surface area contributed by atoms with Crippen LogP contribution in [0.5, 0.6) is 0 Å². The average molecular weight is 440 g/mol. The molecule has 1 aliphatic carbocycles. The largest absolute Gasteiger partial charge is 0.367 e. The Hall–Kier alpha value is 0.420. The first-order valence-corrected chi connectivity index (χ1v) is 12.3. The molecule has 0 radical (unpaired) electrons. The van der Waals surface area contributed by atoms with Crippen LogP contribution in [0.4, 0.5) is 0 Å². The number of nitrogens with two attached hydrogens (primary N) is 1. The molecule has 0 aromatic carbocycles. The molecular weight excluding hydrogens is 395 g/mol. The molecule has 0 aromatic rings. The van der Waals surface area contributed by atoms with Gasteiger partial charge in [-0.25, -0.2) is 0 Å². The van der Waals surface area contributed by atoms with Gasteiger partial charge in [-0.1, -0.05) is 65.7 Å². The molecule has 1 fully saturated rings. The van der Waals surface area contributed by atoms with Gasteiger partial charge < -0.3 is 15.6 Å². The minimum absolute atomic E-state index is 0.112. The Balaban J connectivity index is 2.09. The molecule has 0 aliphatic heterocycles. The molecule has 6 unspecified atom stereocenters. The molecule has 0 aromatic heterocycles. The zero-order chi connectivity index (χ0) is 20.9. The Morgan fingerprint density at radius 1 is 1.04 bits per heavy atom. The fourth-order valence-corrected chi connectivity index (χ4v) is 4.62. The maximum atomic E-state index is 10.3. The summed E-state index contributed by atoms with van der Waals surface area (Å²) in [6, 6.07) is 0. The number of nitrogens with one attached hydrogen (secondary N) is 1. The van der Waals surface area contributed by atoms with E-state index >= 15 is 0 Å². The van der Waals surface area contributed by atoms with Crippen LogP contribution < -0.4 is 11.1 Å². The van der Waals surface area contributed by atoms with E-state index in [-0.39, 0.29) is 17.1 Å². The van der Waals surface area contributed by atoms with Crippen molar-refractivity contribution in [1.82, 2.24) is 5.32 Å². The Labute approximate surface area is 183 Å². The average Bonchev–Trinajstić information content (AvgIpc) is 2.61. The van der Waals surface area contributed by atoms with Crippen LogP contribution in [0.15, 0.2) is 0 Å². The lowest BCUT2D eigenvalue weighted by atomic mass is 9.75. The minimum Gasteiger partial charge on any atom is -0.367 e. The summed E-state index contributed by atoms with van der Waals surface area (Å²) in [6.45, 7) is 7.17. The summed E-state index contributed by atoms with van der Waals surface area (Å²) in [6.07, 6.45) is 11.7. The second kappa shape index (κ2) is 15.3. The van der Waals surface area contributed by atoms with Crippen molar-refractivity contribution >= 4 is 23.2 Å². The molecular formula is C22H44Cl2N2O2. The van der Waals surface area contributed by atoms with Gasteiger partial charge >= 0.3 is 0 Å². The summed E-state index contributed by atoms with van der Waals surface area (Å²) in [5.41, 5.74) is 5.23. The van der Waals surface area contributed by atoms with Crippen molar-refractivity contribution in [1.29, 1.82) is 0 Å². The van der Waals surface area contributed by atoms with Crippen molar-refractivity contribution in [2.24, 2.45) is 23.5 Å². The fraction of sp³-hybridized carbons (Fsp3) is 1.00. The smallest absolute Gasteiger partial charge is 0.167 e. The van der Waals surface area contributed by atoms with Crippen molar-refractivity contribution < 1.29 is 9.84 Å². The van der Waals surface area contributed by atoms with Crippen LogP contribution in [0, 0.1) is 17.8 Å².